The van der Waals surface area contributed by atoms with Crippen LogP contribution in [0.1, 0.15) is 36.1 Å². The van der Waals surface area contributed by atoms with Gasteiger partial charge in [0.15, 0.2) is 17.2 Å². The largest absolute Gasteiger partial charge is 0.389 e. The van der Waals surface area contributed by atoms with Gasteiger partial charge >= 0.3 is 5.69 Å². The van der Waals surface area contributed by atoms with Gasteiger partial charge in [-0.1, -0.05) is 30.3 Å². The van der Waals surface area contributed by atoms with Crippen molar-refractivity contribution in [3.63, 3.8) is 0 Å². The van der Waals surface area contributed by atoms with Crippen molar-refractivity contribution in [2.45, 2.75) is 31.1 Å². The number of aromatic amines is 1. The van der Waals surface area contributed by atoms with Crippen molar-refractivity contribution in [3.8, 4) is 5.95 Å². The van der Waals surface area contributed by atoms with Crippen molar-refractivity contribution in [2.75, 3.05) is 18.0 Å². The Morgan fingerprint density at radius 2 is 1.86 bits per heavy atom. The summed E-state index contributed by atoms with van der Waals surface area (Å²) in [6, 6.07) is 12.5. The predicted octanol–water partition coefficient (Wildman–Crippen LogP) is 2.61. The van der Waals surface area contributed by atoms with Crippen LogP contribution in [-0.2, 0) is 0 Å². The summed E-state index contributed by atoms with van der Waals surface area (Å²) in [5.74, 6) is 0.832. The van der Waals surface area contributed by atoms with Crippen LogP contribution in [-0.4, -0.2) is 58.5 Å². The van der Waals surface area contributed by atoms with Crippen LogP contribution in [0.3, 0.4) is 0 Å². The van der Waals surface area contributed by atoms with Crippen molar-refractivity contribution in [1.82, 2.24) is 29.1 Å². The van der Waals surface area contributed by atoms with E-state index >= 15 is 0 Å². The second kappa shape index (κ2) is 7.99. The molecule has 2 atom stereocenters. The van der Waals surface area contributed by atoms with Gasteiger partial charge in [-0.15, -0.1) is 0 Å². The minimum absolute atomic E-state index is 0.311. The lowest BCUT2D eigenvalue weighted by Gasteiger charge is -2.37. The van der Waals surface area contributed by atoms with Crippen molar-refractivity contribution in [1.29, 1.82) is 0 Å². The molecule has 11 heteroatoms. The molecule has 1 aliphatic heterocycles. The molecule has 2 aromatic carbocycles. The lowest BCUT2D eigenvalue weighted by atomic mass is 9.85. The van der Waals surface area contributed by atoms with Crippen LogP contribution in [0.2, 0.25) is 0 Å². The highest BCUT2D eigenvalue weighted by Crippen LogP contribution is 2.39. The first-order chi connectivity index (χ1) is 18.0. The maximum Gasteiger partial charge on any atom is 0.328 e. The van der Waals surface area contributed by atoms with Gasteiger partial charge in [-0.3, -0.25) is 9.13 Å². The third-order valence-electron chi connectivity index (χ3n) is 7.31. The Balaban J connectivity index is 1.48. The van der Waals surface area contributed by atoms with Crippen LogP contribution in [0.4, 0.5) is 11.5 Å². The standard InChI is InChI=1S/C26H22N8O3/c1-27-14-6-7-18-20(10-14)33(13-28-18)25-30-23(32-11-15(35)12-32)22-24(31-25)34(26(37)29-22)19-8-9-21(36)17-5-3-2-4-16(17)19/h2-7,10,13,15,19,21,35-36H,8-9,11-12H2,(H,29,37)/t19-,21-/m1/s1. The maximum atomic E-state index is 13.4. The van der Waals surface area contributed by atoms with E-state index < -0.39 is 12.2 Å². The first-order valence-electron chi connectivity index (χ1n) is 12.1. The van der Waals surface area contributed by atoms with E-state index in [4.69, 9.17) is 16.5 Å². The molecule has 37 heavy (non-hydrogen) atoms. The fourth-order valence-corrected chi connectivity index (χ4v) is 5.47. The Labute approximate surface area is 210 Å². The molecule has 4 heterocycles. The summed E-state index contributed by atoms with van der Waals surface area (Å²) >= 11 is 0. The Kier molecular flexibility index (Phi) is 4.69. The van der Waals surface area contributed by atoms with Crippen molar-refractivity contribution < 1.29 is 10.2 Å². The molecule has 0 saturated carbocycles. The number of β-amino-alcohol motifs (C(OH)–C–C–N with tert-alkyl or cyclic N) is 1. The van der Waals surface area contributed by atoms with Crippen LogP contribution in [0, 0.1) is 6.57 Å². The molecule has 11 nitrogen and oxygen atoms in total. The number of benzene rings is 2. The molecule has 1 fully saturated rings. The van der Waals surface area contributed by atoms with Gasteiger partial charge in [0, 0.05) is 13.1 Å². The monoisotopic (exact) mass is 494 g/mol. The minimum atomic E-state index is -0.578. The summed E-state index contributed by atoms with van der Waals surface area (Å²) in [6.45, 7) is 8.17. The fraction of sp³-hybridized carbons (Fsp3) is 0.269. The van der Waals surface area contributed by atoms with E-state index in [1.165, 1.54) is 0 Å². The molecule has 0 unspecified atom stereocenters. The van der Waals surface area contributed by atoms with Crippen molar-refractivity contribution >= 4 is 33.7 Å². The van der Waals surface area contributed by atoms with E-state index in [9.17, 15) is 15.0 Å². The topological polar surface area (TPSA) is 129 Å². The number of hydrogen-bond acceptors (Lipinski definition) is 7. The molecule has 0 spiro atoms. The summed E-state index contributed by atoms with van der Waals surface area (Å²) in [4.78, 5) is 35.9. The Morgan fingerprint density at radius 3 is 2.65 bits per heavy atom. The van der Waals surface area contributed by atoms with Gasteiger partial charge in [0.05, 0.1) is 35.9 Å². The normalized spacial score (nSPS) is 19.6. The second-order valence-corrected chi connectivity index (χ2v) is 9.54. The van der Waals surface area contributed by atoms with Crippen LogP contribution < -0.4 is 10.6 Å². The molecule has 2 aliphatic rings. The number of aliphatic hydroxyl groups is 2. The van der Waals surface area contributed by atoms with Gasteiger partial charge in [0.25, 0.3) is 0 Å². The molecule has 3 N–H and O–H groups in total. The fourth-order valence-electron chi connectivity index (χ4n) is 5.47. The maximum absolute atomic E-state index is 13.4. The molecule has 3 aromatic heterocycles. The van der Waals surface area contributed by atoms with E-state index in [2.05, 4.69) is 14.8 Å². The number of aromatic nitrogens is 6. The number of aliphatic hydroxyl groups excluding tert-OH is 2. The van der Waals surface area contributed by atoms with Gasteiger partial charge in [0.1, 0.15) is 11.8 Å². The quantitative estimate of drug-likeness (QED) is 0.329. The van der Waals surface area contributed by atoms with E-state index in [0.717, 1.165) is 11.1 Å². The number of H-pyrrole nitrogens is 1. The van der Waals surface area contributed by atoms with E-state index in [1.807, 2.05) is 29.2 Å². The van der Waals surface area contributed by atoms with E-state index in [0.29, 0.717) is 65.6 Å². The number of imidazole rings is 2. The molecule has 1 aliphatic carbocycles. The summed E-state index contributed by atoms with van der Waals surface area (Å²) in [5.41, 5.74) is 4.16. The molecular formula is C26H22N8O3. The number of fused-ring (bicyclic) bond motifs is 3. The Morgan fingerprint density at radius 1 is 1.05 bits per heavy atom. The van der Waals surface area contributed by atoms with Crippen LogP contribution in [0.5, 0.6) is 0 Å². The average Bonchev–Trinajstić information content (AvgIpc) is 3.47. The predicted molar refractivity (Wildman–Crippen MR) is 136 cm³/mol. The van der Waals surface area contributed by atoms with Gasteiger partial charge in [-0.25, -0.2) is 14.6 Å². The lowest BCUT2D eigenvalue weighted by Crippen LogP contribution is -2.51. The number of nitrogens with one attached hydrogen (secondary N) is 1. The zero-order valence-electron chi connectivity index (χ0n) is 19.6. The van der Waals surface area contributed by atoms with Gasteiger partial charge < -0.3 is 20.1 Å². The summed E-state index contributed by atoms with van der Waals surface area (Å²) in [7, 11) is 0. The molecule has 0 amide bonds. The van der Waals surface area contributed by atoms with Crippen molar-refractivity contribution in [2.24, 2.45) is 0 Å². The van der Waals surface area contributed by atoms with Crippen LogP contribution in [0.15, 0.2) is 53.6 Å². The molecule has 1 saturated heterocycles. The van der Waals surface area contributed by atoms with Gasteiger partial charge in [-0.2, -0.15) is 9.97 Å². The highest BCUT2D eigenvalue weighted by Gasteiger charge is 2.33. The number of rotatable bonds is 3. The molecule has 184 valence electrons. The zero-order chi connectivity index (χ0) is 25.3. The van der Waals surface area contributed by atoms with E-state index in [1.54, 1.807) is 33.7 Å². The average molecular weight is 495 g/mol. The first kappa shape index (κ1) is 21.7. The van der Waals surface area contributed by atoms with Crippen molar-refractivity contribution in [3.05, 3.63) is 81.8 Å². The molecule has 0 radical (unpaired) electrons. The Hall–Kier alpha value is -4.53. The molecule has 7 rings (SSSR count). The number of hydrogen-bond donors (Lipinski definition) is 3. The minimum Gasteiger partial charge on any atom is -0.389 e. The molecular weight excluding hydrogens is 472 g/mol. The van der Waals surface area contributed by atoms with E-state index in [-0.39, 0.29) is 11.7 Å². The molecule has 5 aromatic rings. The Bertz CT molecular complexity index is 1790. The molecule has 0 bridgehead atoms. The lowest BCUT2D eigenvalue weighted by molar-refractivity contribution is 0.141. The highest BCUT2D eigenvalue weighted by atomic mass is 16.3. The number of anilines is 1. The third-order valence-corrected chi connectivity index (χ3v) is 7.31. The summed E-state index contributed by atoms with van der Waals surface area (Å²) in [5, 5.41) is 20.5. The first-order valence-corrected chi connectivity index (χ1v) is 12.1. The zero-order valence-corrected chi connectivity index (χ0v) is 19.6. The summed E-state index contributed by atoms with van der Waals surface area (Å²) < 4.78 is 3.36. The highest BCUT2D eigenvalue weighted by molar-refractivity contribution is 5.86. The second-order valence-electron chi connectivity index (χ2n) is 9.54. The van der Waals surface area contributed by atoms with Crippen LogP contribution >= 0.6 is 0 Å². The number of nitrogens with zero attached hydrogens (tertiary/aromatic N) is 7. The summed E-state index contributed by atoms with van der Waals surface area (Å²) in [6.07, 6.45) is 1.66. The van der Waals surface area contributed by atoms with Gasteiger partial charge in [-0.05, 0) is 36.1 Å². The smallest absolute Gasteiger partial charge is 0.328 e. The third kappa shape index (κ3) is 3.27. The SMILES string of the molecule is [C-]#[N+]c1ccc2ncn(-c3nc(N4CC(O)C4)c4[nH]c(=O)n([C@@H]5CC[C@@H](O)c6ccccc65)c4n3)c2c1. The van der Waals surface area contributed by atoms with Crippen LogP contribution in [0.25, 0.3) is 33.0 Å². The van der Waals surface area contributed by atoms with Gasteiger partial charge in [0.2, 0.25) is 5.95 Å².